The van der Waals surface area contributed by atoms with Gasteiger partial charge >= 0.3 is 5.97 Å². The molecule has 210 valence electrons. The van der Waals surface area contributed by atoms with E-state index in [0.717, 1.165) is 5.56 Å². The molecule has 0 bridgehead atoms. The number of hydrogen-bond acceptors (Lipinski definition) is 4. The maximum atomic E-state index is 14.3. The molecule has 0 unspecified atom stereocenters. The Hall–Kier alpha value is -3.46. The number of aliphatic carboxylic acids is 1. The topological polar surface area (TPSA) is 104 Å². The van der Waals surface area contributed by atoms with Gasteiger partial charge in [0, 0.05) is 23.1 Å². The van der Waals surface area contributed by atoms with Crippen molar-refractivity contribution in [2.75, 3.05) is 0 Å². The van der Waals surface area contributed by atoms with Crippen LogP contribution >= 0.6 is 11.6 Å². The van der Waals surface area contributed by atoms with E-state index < -0.39 is 45.4 Å². The van der Waals surface area contributed by atoms with Gasteiger partial charge < -0.3 is 10.4 Å². The molecule has 0 saturated heterocycles. The van der Waals surface area contributed by atoms with Gasteiger partial charge in [0.05, 0.1) is 10.9 Å². The summed E-state index contributed by atoms with van der Waals surface area (Å²) in [4.78, 5) is 26.2. The van der Waals surface area contributed by atoms with Gasteiger partial charge in [-0.2, -0.15) is 4.31 Å². The molecule has 3 aromatic rings. The third-order valence-electron chi connectivity index (χ3n) is 7.03. The second-order valence-corrected chi connectivity index (χ2v) is 13.3. The average Bonchev–Trinajstić information content (AvgIpc) is 3.32. The summed E-state index contributed by atoms with van der Waals surface area (Å²) in [6.07, 6.45) is 1.74. The summed E-state index contributed by atoms with van der Waals surface area (Å²) < 4.78 is 30.1. The first-order valence-corrected chi connectivity index (χ1v) is 14.8. The zero-order chi connectivity index (χ0) is 29.2. The fourth-order valence-electron chi connectivity index (χ4n) is 4.97. The van der Waals surface area contributed by atoms with Gasteiger partial charge in [0.2, 0.25) is 15.9 Å². The molecule has 1 heterocycles. The number of nitrogens with one attached hydrogen (secondary N) is 1. The number of hydrogen-bond donors (Lipinski definition) is 2. The normalized spacial score (nSPS) is 18.7. The van der Waals surface area contributed by atoms with E-state index in [9.17, 15) is 23.1 Å². The smallest absolute Gasteiger partial charge is 0.326 e. The standard InChI is InChI=1S/C31H33ClN2O5S/c1-20-10-8-9-13-26(20)40(38,39)34-27(31(2,3)4)19-24(28(34)22-14-16-23(32)17-15-22)29(35)33-25(30(36)37)18-21-11-6-5-7-12-21/h5-17,19,25,27-28H,18H2,1-4H3,(H,33,35)(H,36,37)/t25-,27-,28-/m0/s1. The highest BCUT2D eigenvalue weighted by Crippen LogP contribution is 2.46. The SMILES string of the molecule is Cc1ccccc1S(=O)(=O)N1[C@@H](c2ccc(Cl)cc2)C(C(=O)N[C@@H](Cc2ccccc2)C(=O)O)=C[C@H]1C(C)(C)C. The minimum atomic E-state index is -4.12. The third kappa shape index (κ3) is 6.14. The molecular weight excluding hydrogens is 548 g/mol. The lowest BCUT2D eigenvalue weighted by atomic mass is 9.87. The largest absolute Gasteiger partial charge is 0.480 e. The van der Waals surface area contributed by atoms with Crippen LogP contribution in [0.25, 0.3) is 0 Å². The van der Waals surface area contributed by atoms with Crippen molar-refractivity contribution in [3.8, 4) is 0 Å². The van der Waals surface area contributed by atoms with E-state index in [1.54, 1.807) is 85.8 Å². The van der Waals surface area contributed by atoms with Crippen molar-refractivity contribution in [1.29, 1.82) is 0 Å². The Morgan fingerprint density at radius 1 is 0.975 bits per heavy atom. The Labute approximate surface area is 240 Å². The highest BCUT2D eigenvalue weighted by molar-refractivity contribution is 7.89. The van der Waals surface area contributed by atoms with Crippen LogP contribution in [0, 0.1) is 12.3 Å². The van der Waals surface area contributed by atoms with Crippen molar-refractivity contribution in [2.45, 2.75) is 57.1 Å². The molecule has 0 saturated carbocycles. The van der Waals surface area contributed by atoms with Gasteiger partial charge in [-0.3, -0.25) is 4.79 Å². The number of sulfonamides is 1. The molecule has 40 heavy (non-hydrogen) atoms. The van der Waals surface area contributed by atoms with Crippen LogP contribution < -0.4 is 5.32 Å². The molecule has 2 N–H and O–H groups in total. The monoisotopic (exact) mass is 580 g/mol. The van der Waals surface area contributed by atoms with Crippen molar-refractivity contribution in [3.05, 3.63) is 112 Å². The van der Waals surface area contributed by atoms with Gasteiger partial charge in [-0.25, -0.2) is 13.2 Å². The number of aryl methyl sites for hydroxylation is 1. The van der Waals surface area contributed by atoms with Crippen molar-refractivity contribution in [3.63, 3.8) is 0 Å². The van der Waals surface area contributed by atoms with Crippen LogP contribution in [0.15, 0.2) is 95.4 Å². The van der Waals surface area contributed by atoms with Crippen LogP contribution in [-0.4, -0.2) is 41.8 Å². The van der Waals surface area contributed by atoms with E-state index in [-0.39, 0.29) is 16.9 Å². The molecule has 1 aliphatic rings. The molecule has 0 fully saturated rings. The first-order valence-electron chi connectivity index (χ1n) is 12.9. The first-order chi connectivity index (χ1) is 18.8. The van der Waals surface area contributed by atoms with Crippen molar-refractivity contribution in [2.24, 2.45) is 5.41 Å². The highest BCUT2D eigenvalue weighted by atomic mass is 35.5. The first kappa shape index (κ1) is 29.5. The van der Waals surface area contributed by atoms with Gasteiger partial charge in [0.25, 0.3) is 0 Å². The van der Waals surface area contributed by atoms with E-state index >= 15 is 0 Å². The number of carbonyl (C=O) groups excluding carboxylic acids is 1. The quantitative estimate of drug-likeness (QED) is 0.364. The molecule has 3 atom stereocenters. The third-order valence-corrected chi connectivity index (χ3v) is 9.29. The number of benzene rings is 3. The van der Waals surface area contributed by atoms with E-state index in [0.29, 0.717) is 16.1 Å². The zero-order valence-corrected chi connectivity index (χ0v) is 24.4. The summed E-state index contributed by atoms with van der Waals surface area (Å²) >= 11 is 6.15. The lowest BCUT2D eigenvalue weighted by molar-refractivity contribution is -0.141. The number of nitrogens with zero attached hydrogens (tertiary/aromatic N) is 1. The van der Waals surface area contributed by atoms with Crippen LogP contribution in [0.3, 0.4) is 0 Å². The van der Waals surface area contributed by atoms with Gasteiger partial charge in [-0.1, -0.05) is 99.1 Å². The number of halogens is 1. The Balaban J connectivity index is 1.82. The number of amides is 1. The van der Waals surface area contributed by atoms with Crippen LogP contribution in [0.2, 0.25) is 5.02 Å². The summed E-state index contributed by atoms with van der Waals surface area (Å²) in [5, 5.41) is 13.0. The van der Waals surface area contributed by atoms with Crippen LogP contribution in [0.4, 0.5) is 0 Å². The van der Waals surface area contributed by atoms with Gasteiger partial charge in [-0.15, -0.1) is 0 Å². The van der Waals surface area contributed by atoms with Crippen LogP contribution in [-0.2, 0) is 26.0 Å². The molecule has 0 aromatic heterocycles. The molecular formula is C31H33ClN2O5S. The van der Waals surface area contributed by atoms with Gasteiger partial charge in [0.1, 0.15) is 6.04 Å². The lowest BCUT2D eigenvalue weighted by Gasteiger charge is -2.37. The number of carboxylic acids is 1. The van der Waals surface area contributed by atoms with E-state index in [4.69, 9.17) is 11.6 Å². The van der Waals surface area contributed by atoms with Gasteiger partial charge in [0.15, 0.2) is 0 Å². The van der Waals surface area contributed by atoms with Gasteiger partial charge in [-0.05, 0) is 47.2 Å². The van der Waals surface area contributed by atoms with Crippen molar-refractivity contribution < 1.29 is 23.1 Å². The minimum Gasteiger partial charge on any atom is -0.480 e. The molecule has 7 nitrogen and oxygen atoms in total. The molecule has 0 aliphatic carbocycles. The summed E-state index contributed by atoms with van der Waals surface area (Å²) in [5.41, 5.74) is 1.44. The molecule has 0 radical (unpaired) electrons. The molecule has 1 aliphatic heterocycles. The number of rotatable bonds is 8. The second kappa shape index (κ2) is 11.6. The Kier molecular flexibility index (Phi) is 8.54. The van der Waals surface area contributed by atoms with Crippen molar-refractivity contribution >= 4 is 33.5 Å². The zero-order valence-electron chi connectivity index (χ0n) is 22.8. The predicted molar refractivity (Wildman–Crippen MR) is 155 cm³/mol. The van der Waals surface area contributed by atoms with E-state index in [1.165, 1.54) is 4.31 Å². The molecule has 1 amide bonds. The molecule has 9 heteroatoms. The van der Waals surface area contributed by atoms with E-state index in [2.05, 4.69) is 5.32 Å². The lowest BCUT2D eigenvalue weighted by Crippen LogP contribution is -2.46. The van der Waals surface area contributed by atoms with Crippen LogP contribution in [0.1, 0.15) is 43.5 Å². The highest BCUT2D eigenvalue weighted by Gasteiger charge is 2.50. The molecule has 3 aromatic carbocycles. The minimum absolute atomic E-state index is 0.0781. The average molecular weight is 581 g/mol. The molecule has 4 rings (SSSR count). The molecule has 0 spiro atoms. The summed E-state index contributed by atoms with van der Waals surface area (Å²) in [6.45, 7) is 7.45. The van der Waals surface area contributed by atoms with E-state index in [1.807, 2.05) is 26.8 Å². The van der Waals surface area contributed by atoms with Crippen molar-refractivity contribution in [1.82, 2.24) is 9.62 Å². The summed E-state index contributed by atoms with van der Waals surface area (Å²) in [7, 11) is -4.12. The fraction of sp³-hybridized carbons (Fsp3) is 0.290. The second-order valence-electron chi connectivity index (χ2n) is 11.0. The Morgan fingerprint density at radius 2 is 1.57 bits per heavy atom. The van der Waals surface area contributed by atoms with Crippen LogP contribution in [0.5, 0.6) is 0 Å². The Bertz CT molecular complexity index is 1530. The maximum Gasteiger partial charge on any atom is 0.326 e. The predicted octanol–water partition coefficient (Wildman–Crippen LogP) is 5.55. The summed E-state index contributed by atoms with van der Waals surface area (Å²) in [5.74, 6) is -1.82. The number of carboxylic acid groups (broad SMARTS) is 1. The summed E-state index contributed by atoms with van der Waals surface area (Å²) in [6, 6.07) is 19.5. The fourth-order valence-corrected chi connectivity index (χ4v) is 7.24. The Morgan fingerprint density at radius 3 is 2.15 bits per heavy atom. The maximum absolute atomic E-state index is 14.3. The number of carbonyl (C=O) groups is 2.